The van der Waals surface area contributed by atoms with Crippen molar-refractivity contribution >= 4 is 15.2 Å². The van der Waals surface area contributed by atoms with Gasteiger partial charge in [-0.25, -0.2) is 0 Å². The van der Waals surface area contributed by atoms with E-state index in [1.807, 2.05) is 13.0 Å². The van der Waals surface area contributed by atoms with Crippen molar-refractivity contribution in [2.75, 3.05) is 0 Å². The third-order valence-corrected chi connectivity index (χ3v) is 2.24. The Morgan fingerprint density at radius 2 is 2.40 bits per heavy atom. The molecule has 0 aromatic rings. The molecule has 1 aliphatic rings. The minimum absolute atomic E-state index is 0.301. The lowest BCUT2D eigenvalue weighted by Crippen LogP contribution is -2.18. The van der Waals surface area contributed by atoms with Gasteiger partial charge in [0.25, 0.3) is 0 Å². The van der Waals surface area contributed by atoms with Gasteiger partial charge in [-0.05, 0) is 23.2 Å². The highest BCUT2D eigenvalue weighted by Gasteiger charge is 2.22. The van der Waals surface area contributed by atoms with Crippen LogP contribution < -0.4 is 5.73 Å². The molecule has 2 unspecified atom stereocenters. The second kappa shape index (κ2) is 2.59. The molecule has 0 aromatic heterocycles. The Labute approximate surface area is 63.2 Å². The van der Waals surface area contributed by atoms with Gasteiger partial charge in [-0.3, -0.25) is 4.78 Å². The molecule has 56 valence electrons. The first-order valence-electron chi connectivity index (χ1n) is 3.21. The number of hydrogen-bond donors (Lipinski definition) is 1. The lowest BCUT2D eigenvalue weighted by atomic mass is 10.1. The van der Waals surface area contributed by atoms with E-state index in [0.29, 0.717) is 11.9 Å². The second-order valence-electron chi connectivity index (χ2n) is 2.29. The molecule has 4 heteroatoms. The summed E-state index contributed by atoms with van der Waals surface area (Å²) in [5, 5.41) is 4.04. The lowest BCUT2D eigenvalue weighted by molar-refractivity contribution is 0.468. The van der Waals surface area contributed by atoms with Crippen molar-refractivity contribution in [1.82, 2.24) is 4.78 Å². The minimum atomic E-state index is 0.301. The third kappa shape index (κ3) is 1.01. The highest BCUT2D eigenvalue weighted by atomic mass is 31.0. The van der Waals surface area contributed by atoms with Gasteiger partial charge in [-0.2, -0.15) is 5.10 Å². The van der Waals surface area contributed by atoms with Crippen LogP contribution in [0.4, 0.5) is 0 Å². The normalized spacial score (nSPS) is 29.5. The molecule has 0 fully saturated rings. The summed E-state index contributed by atoms with van der Waals surface area (Å²) in [7, 11) is 2.51. The Balaban J connectivity index is 2.89. The number of hydrogen-bond acceptors (Lipinski definition) is 3. The summed E-state index contributed by atoms with van der Waals surface area (Å²) in [4.78, 5) is 0. The molecule has 0 amide bonds. The molecule has 0 aromatic carbocycles. The van der Waals surface area contributed by atoms with Crippen molar-refractivity contribution in [3.63, 3.8) is 0 Å². The number of nitrogens with zero attached hydrogens (tertiary/aromatic N) is 2. The molecular weight excluding hydrogens is 145 g/mol. The molecule has 2 N–H and O–H groups in total. The SMILES string of the molecule is CC=C1C(N)=NN(P)C1C. The van der Waals surface area contributed by atoms with Gasteiger partial charge in [0.05, 0.1) is 6.04 Å². The Morgan fingerprint density at radius 1 is 1.80 bits per heavy atom. The molecule has 0 radical (unpaired) electrons. The van der Waals surface area contributed by atoms with Crippen molar-refractivity contribution in [3.8, 4) is 0 Å². The van der Waals surface area contributed by atoms with E-state index in [0.717, 1.165) is 5.57 Å². The molecule has 0 spiro atoms. The molecule has 1 aliphatic heterocycles. The van der Waals surface area contributed by atoms with Crippen LogP contribution in [0.15, 0.2) is 16.8 Å². The van der Waals surface area contributed by atoms with E-state index in [2.05, 4.69) is 21.4 Å². The predicted octanol–water partition coefficient (Wildman–Crippen LogP) is 0.699. The first-order chi connectivity index (χ1) is 4.66. The van der Waals surface area contributed by atoms with Gasteiger partial charge in [0.15, 0.2) is 0 Å². The fraction of sp³-hybridized carbons (Fsp3) is 0.500. The Bertz CT molecular complexity index is 197. The maximum atomic E-state index is 5.60. The summed E-state index contributed by atoms with van der Waals surface area (Å²) in [6.45, 7) is 4.03. The van der Waals surface area contributed by atoms with Crippen LogP contribution in [-0.4, -0.2) is 16.7 Å². The Hall–Kier alpha value is -0.560. The smallest absolute Gasteiger partial charge is 0.148 e. The molecule has 1 rings (SSSR count). The van der Waals surface area contributed by atoms with Crippen LogP contribution in [-0.2, 0) is 0 Å². The molecule has 10 heavy (non-hydrogen) atoms. The molecule has 0 aliphatic carbocycles. The van der Waals surface area contributed by atoms with Gasteiger partial charge >= 0.3 is 0 Å². The quantitative estimate of drug-likeness (QED) is 0.526. The summed E-state index contributed by atoms with van der Waals surface area (Å²) in [6.07, 6.45) is 1.99. The fourth-order valence-corrected chi connectivity index (χ4v) is 1.30. The van der Waals surface area contributed by atoms with Crippen LogP contribution >= 0.6 is 9.39 Å². The molecule has 3 nitrogen and oxygen atoms in total. The van der Waals surface area contributed by atoms with E-state index in [4.69, 9.17) is 5.73 Å². The number of rotatable bonds is 0. The zero-order valence-electron chi connectivity index (χ0n) is 6.20. The summed E-state index contributed by atoms with van der Waals surface area (Å²) >= 11 is 0. The van der Waals surface area contributed by atoms with Crippen LogP contribution in [0.5, 0.6) is 0 Å². The second-order valence-corrected chi connectivity index (χ2v) is 2.81. The highest BCUT2D eigenvalue weighted by molar-refractivity contribution is 7.13. The van der Waals surface area contributed by atoms with Gasteiger partial charge in [-0.1, -0.05) is 6.08 Å². The van der Waals surface area contributed by atoms with Gasteiger partial charge in [0.1, 0.15) is 5.84 Å². The van der Waals surface area contributed by atoms with Crippen LogP contribution in [0.2, 0.25) is 0 Å². The first kappa shape index (κ1) is 7.55. The number of hydrazone groups is 1. The van der Waals surface area contributed by atoms with Crippen LogP contribution in [0.1, 0.15) is 13.8 Å². The number of allylic oxidation sites excluding steroid dienone is 1. The fourth-order valence-electron chi connectivity index (χ4n) is 1.01. The Kier molecular flexibility index (Phi) is 1.95. The van der Waals surface area contributed by atoms with E-state index < -0.39 is 0 Å². The van der Waals surface area contributed by atoms with Gasteiger partial charge in [0, 0.05) is 5.57 Å². The average Bonchev–Trinajstić information content (AvgIpc) is 2.09. The topological polar surface area (TPSA) is 41.6 Å². The summed E-state index contributed by atoms with van der Waals surface area (Å²) in [5.41, 5.74) is 6.70. The van der Waals surface area contributed by atoms with E-state index in [9.17, 15) is 0 Å². The van der Waals surface area contributed by atoms with Gasteiger partial charge in [-0.15, -0.1) is 0 Å². The van der Waals surface area contributed by atoms with Crippen LogP contribution in [0.25, 0.3) is 0 Å². The van der Waals surface area contributed by atoms with Crippen LogP contribution in [0, 0.1) is 0 Å². The Morgan fingerprint density at radius 3 is 2.60 bits per heavy atom. The molecular formula is C6H12N3P. The molecule has 0 saturated carbocycles. The zero-order chi connectivity index (χ0) is 7.72. The van der Waals surface area contributed by atoms with Crippen molar-refractivity contribution in [2.45, 2.75) is 19.9 Å². The van der Waals surface area contributed by atoms with Crippen molar-refractivity contribution in [2.24, 2.45) is 10.8 Å². The number of amidine groups is 1. The van der Waals surface area contributed by atoms with Crippen LogP contribution in [0.3, 0.4) is 0 Å². The van der Waals surface area contributed by atoms with E-state index in [1.165, 1.54) is 0 Å². The third-order valence-electron chi connectivity index (χ3n) is 1.68. The number of nitrogens with two attached hydrogens (primary N) is 1. The van der Waals surface area contributed by atoms with Gasteiger partial charge < -0.3 is 5.73 Å². The molecule has 0 saturated heterocycles. The maximum Gasteiger partial charge on any atom is 0.148 e. The van der Waals surface area contributed by atoms with E-state index >= 15 is 0 Å². The standard InChI is InChI=1S/C6H12N3P/c1-3-5-4(2)9(10)8-6(5)7/h3-4H,10H2,1-2H3,(H2,7,8). The summed E-state index contributed by atoms with van der Waals surface area (Å²) in [6, 6.07) is 0.301. The predicted molar refractivity (Wildman–Crippen MR) is 46.4 cm³/mol. The van der Waals surface area contributed by atoms with Crippen molar-refractivity contribution in [1.29, 1.82) is 0 Å². The maximum absolute atomic E-state index is 5.60. The molecule has 2 atom stereocenters. The molecule has 1 heterocycles. The summed E-state index contributed by atoms with van der Waals surface area (Å²) < 4.78 is 1.78. The van der Waals surface area contributed by atoms with Gasteiger partial charge in [0.2, 0.25) is 0 Å². The monoisotopic (exact) mass is 157 g/mol. The zero-order valence-corrected chi connectivity index (χ0v) is 7.36. The average molecular weight is 157 g/mol. The highest BCUT2D eigenvalue weighted by Crippen LogP contribution is 2.21. The molecule has 0 bridgehead atoms. The minimum Gasteiger partial charge on any atom is -0.382 e. The largest absolute Gasteiger partial charge is 0.382 e. The van der Waals surface area contributed by atoms with E-state index in [-0.39, 0.29) is 0 Å². The first-order valence-corrected chi connectivity index (χ1v) is 3.73. The summed E-state index contributed by atoms with van der Waals surface area (Å²) in [5.74, 6) is 0.630. The van der Waals surface area contributed by atoms with Crippen molar-refractivity contribution < 1.29 is 0 Å². The van der Waals surface area contributed by atoms with Crippen molar-refractivity contribution in [3.05, 3.63) is 11.6 Å². The van der Waals surface area contributed by atoms with E-state index in [1.54, 1.807) is 4.78 Å². The lowest BCUT2D eigenvalue weighted by Gasteiger charge is -2.12.